The van der Waals surface area contributed by atoms with Gasteiger partial charge in [-0.2, -0.15) is 0 Å². The molecule has 0 radical (unpaired) electrons. The maximum Gasteiger partial charge on any atom is 0.142 e. The molecule has 0 bridgehead atoms. The van der Waals surface area contributed by atoms with Gasteiger partial charge in [-0.3, -0.25) is 0 Å². The van der Waals surface area contributed by atoms with Gasteiger partial charge in [0.2, 0.25) is 0 Å². The largest absolute Gasteiger partial charge is 0.464 e. The lowest BCUT2D eigenvalue weighted by Crippen LogP contribution is -2.35. The van der Waals surface area contributed by atoms with Crippen molar-refractivity contribution in [2.75, 3.05) is 19.8 Å². The van der Waals surface area contributed by atoms with Crippen LogP contribution in [0.15, 0.2) is 22.8 Å². The van der Waals surface area contributed by atoms with Crippen molar-refractivity contribution in [3.63, 3.8) is 0 Å². The topological polar surface area (TPSA) is 34.4 Å². The zero-order chi connectivity index (χ0) is 11.8. The number of halogens is 2. The van der Waals surface area contributed by atoms with Crippen LogP contribution in [-0.4, -0.2) is 19.8 Å². The maximum atomic E-state index is 14.2. The molecule has 1 saturated heterocycles. The molecule has 2 heterocycles. The highest BCUT2D eigenvalue weighted by Crippen LogP contribution is 2.29. The average Bonchev–Trinajstić information content (AvgIpc) is 2.78. The molecule has 3 rings (SSSR count). The Balaban J connectivity index is 2.13. The number of rotatable bonds is 1. The van der Waals surface area contributed by atoms with Gasteiger partial charge in [-0.1, -0.05) is 0 Å². The molecule has 1 aliphatic rings. The van der Waals surface area contributed by atoms with Crippen molar-refractivity contribution in [3.05, 3.63) is 35.6 Å². The Morgan fingerprint density at radius 2 is 2.24 bits per heavy atom. The van der Waals surface area contributed by atoms with Crippen molar-refractivity contribution in [1.82, 2.24) is 5.32 Å². The molecule has 0 saturated carbocycles. The highest BCUT2D eigenvalue weighted by atomic mass is 19.1. The molecule has 1 aromatic carbocycles. The zero-order valence-corrected chi connectivity index (χ0v) is 9.00. The van der Waals surface area contributed by atoms with Crippen LogP contribution in [0.5, 0.6) is 0 Å². The average molecular weight is 239 g/mol. The molecule has 0 spiro atoms. The molecular formula is C12H11F2NO2. The molecule has 0 aliphatic carbocycles. The number of ether oxygens (including phenoxy) is 1. The van der Waals surface area contributed by atoms with Crippen LogP contribution in [0.1, 0.15) is 11.6 Å². The number of hydrogen-bond donors (Lipinski definition) is 1. The molecule has 1 unspecified atom stereocenters. The van der Waals surface area contributed by atoms with E-state index in [0.717, 1.165) is 0 Å². The standard InChI is InChI=1S/C12H11F2NO2/c13-8-5-10-7(1-3-17-10)12(14)11(8)9-6-16-4-2-15-9/h1,3,5,9,15H,2,4,6H2. The van der Waals surface area contributed by atoms with Gasteiger partial charge in [0.25, 0.3) is 0 Å². The highest BCUT2D eigenvalue weighted by molar-refractivity contribution is 5.79. The number of furan rings is 1. The van der Waals surface area contributed by atoms with Crippen molar-refractivity contribution in [2.24, 2.45) is 0 Å². The molecule has 1 fully saturated rings. The molecule has 17 heavy (non-hydrogen) atoms. The van der Waals surface area contributed by atoms with Gasteiger partial charge in [0.15, 0.2) is 0 Å². The molecule has 0 amide bonds. The molecule has 5 heteroatoms. The molecule has 2 aromatic rings. The molecule has 3 nitrogen and oxygen atoms in total. The van der Waals surface area contributed by atoms with Crippen LogP contribution in [0, 0.1) is 11.6 Å². The lowest BCUT2D eigenvalue weighted by Gasteiger charge is -2.24. The van der Waals surface area contributed by atoms with E-state index in [0.29, 0.717) is 18.5 Å². The van der Waals surface area contributed by atoms with Crippen molar-refractivity contribution in [3.8, 4) is 0 Å². The molecule has 1 aromatic heterocycles. The van der Waals surface area contributed by atoms with Crippen molar-refractivity contribution < 1.29 is 17.9 Å². The Morgan fingerprint density at radius 1 is 1.35 bits per heavy atom. The van der Waals surface area contributed by atoms with E-state index in [-0.39, 0.29) is 17.8 Å². The first-order chi connectivity index (χ1) is 8.27. The third kappa shape index (κ3) is 1.71. The summed E-state index contributed by atoms with van der Waals surface area (Å²) in [7, 11) is 0. The summed E-state index contributed by atoms with van der Waals surface area (Å²) in [5, 5.41) is 3.34. The van der Waals surface area contributed by atoms with Crippen molar-refractivity contribution in [1.29, 1.82) is 0 Å². The van der Waals surface area contributed by atoms with Gasteiger partial charge in [0, 0.05) is 18.2 Å². The molecular weight excluding hydrogens is 228 g/mol. The van der Waals surface area contributed by atoms with Crippen LogP contribution in [0.25, 0.3) is 11.0 Å². The van der Waals surface area contributed by atoms with Crippen LogP contribution in [0.3, 0.4) is 0 Å². The van der Waals surface area contributed by atoms with Gasteiger partial charge in [-0.15, -0.1) is 0 Å². The Kier molecular flexibility index (Phi) is 2.57. The minimum absolute atomic E-state index is 0.0265. The van der Waals surface area contributed by atoms with Crippen LogP contribution in [-0.2, 0) is 4.74 Å². The van der Waals surface area contributed by atoms with Crippen LogP contribution in [0.2, 0.25) is 0 Å². The Hall–Kier alpha value is -1.46. The van der Waals surface area contributed by atoms with Gasteiger partial charge < -0.3 is 14.5 Å². The van der Waals surface area contributed by atoms with Crippen molar-refractivity contribution in [2.45, 2.75) is 6.04 Å². The second-order valence-corrected chi connectivity index (χ2v) is 4.00. The van der Waals surface area contributed by atoms with E-state index < -0.39 is 17.7 Å². The van der Waals surface area contributed by atoms with E-state index in [2.05, 4.69) is 5.32 Å². The first kappa shape index (κ1) is 10.7. The lowest BCUT2D eigenvalue weighted by molar-refractivity contribution is 0.0746. The summed E-state index contributed by atoms with van der Waals surface area (Å²) in [5.41, 5.74) is 0.249. The van der Waals surface area contributed by atoms with E-state index in [1.807, 2.05) is 0 Å². The molecule has 1 atom stereocenters. The van der Waals surface area contributed by atoms with E-state index in [9.17, 15) is 8.78 Å². The molecule has 90 valence electrons. The fourth-order valence-electron chi connectivity index (χ4n) is 2.13. The van der Waals surface area contributed by atoms with Gasteiger partial charge >= 0.3 is 0 Å². The monoisotopic (exact) mass is 239 g/mol. The first-order valence-corrected chi connectivity index (χ1v) is 5.43. The second-order valence-electron chi connectivity index (χ2n) is 4.00. The molecule has 1 N–H and O–H groups in total. The second kappa shape index (κ2) is 4.09. The number of hydrogen-bond acceptors (Lipinski definition) is 3. The third-order valence-electron chi connectivity index (χ3n) is 2.95. The van der Waals surface area contributed by atoms with Crippen LogP contribution >= 0.6 is 0 Å². The predicted octanol–water partition coefficient (Wildman–Crippen LogP) is 2.37. The third-order valence-corrected chi connectivity index (χ3v) is 2.95. The summed E-state index contributed by atoms with van der Waals surface area (Å²) in [6.07, 6.45) is 1.35. The van der Waals surface area contributed by atoms with E-state index in [1.165, 1.54) is 18.4 Å². The minimum atomic E-state index is -0.604. The van der Waals surface area contributed by atoms with Gasteiger partial charge in [-0.25, -0.2) is 8.78 Å². The summed E-state index contributed by atoms with van der Waals surface area (Å²) in [4.78, 5) is 0. The Bertz CT molecular complexity index is 547. The fourth-order valence-corrected chi connectivity index (χ4v) is 2.13. The zero-order valence-electron chi connectivity index (χ0n) is 9.00. The smallest absolute Gasteiger partial charge is 0.142 e. The summed E-state index contributed by atoms with van der Waals surface area (Å²) < 4.78 is 38.2. The number of fused-ring (bicyclic) bond motifs is 1. The van der Waals surface area contributed by atoms with E-state index in [4.69, 9.17) is 9.15 Å². The van der Waals surface area contributed by atoms with Gasteiger partial charge in [-0.05, 0) is 6.07 Å². The minimum Gasteiger partial charge on any atom is -0.464 e. The summed E-state index contributed by atoms with van der Waals surface area (Å²) in [6, 6.07) is 2.27. The number of morpholine rings is 1. The lowest BCUT2D eigenvalue weighted by atomic mass is 10.0. The Labute approximate surface area is 96.4 Å². The highest BCUT2D eigenvalue weighted by Gasteiger charge is 2.25. The van der Waals surface area contributed by atoms with Gasteiger partial charge in [0.1, 0.15) is 17.2 Å². The Morgan fingerprint density at radius 3 is 3.00 bits per heavy atom. The summed E-state index contributed by atoms with van der Waals surface area (Å²) in [5.74, 6) is -1.18. The normalized spacial score (nSPS) is 20.9. The first-order valence-electron chi connectivity index (χ1n) is 5.43. The van der Waals surface area contributed by atoms with Gasteiger partial charge in [0.05, 0.1) is 30.9 Å². The predicted molar refractivity (Wildman–Crippen MR) is 57.7 cm³/mol. The quantitative estimate of drug-likeness (QED) is 0.829. The van der Waals surface area contributed by atoms with Crippen LogP contribution < -0.4 is 5.32 Å². The van der Waals surface area contributed by atoms with E-state index >= 15 is 0 Å². The van der Waals surface area contributed by atoms with Crippen LogP contribution in [0.4, 0.5) is 8.78 Å². The number of benzene rings is 1. The maximum absolute atomic E-state index is 14.2. The fraction of sp³-hybridized carbons (Fsp3) is 0.333. The summed E-state index contributed by atoms with van der Waals surface area (Å²) >= 11 is 0. The SMILES string of the molecule is Fc1cc2occc2c(F)c1C1COCCN1. The number of nitrogens with one attached hydrogen (secondary N) is 1. The summed E-state index contributed by atoms with van der Waals surface area (Å²) in [6.45, 7) is 1.43. The van der Waals surface area contributed by atoms with E-state index in [1.54, 1.807) is 0 Å². The van der Waals surface area contributed by atoms with Crippen molar-refractivity contribution >= 4 is 11.0 Å². The molecule has 1 aliphatic heterocycles.